The van der Waals surface area contributed by atoms with Crippen molar-refractivity contribution >= 4 is 23.0 Å². The van der Waals surface area contributed by atoms with Gasteiger partial charge < -0.3 is 9.74 Å². The van der Waals surface area contributed by atoms with Crippen molar-refractivity contribution in [2.24, 2.45) is 5.16 Å². The van der Waals surface area contributed by atoms with E-state index < -0.39 is 5.60 Å². The van der Waals surface area contributed by atoms with Crippen molar-refractivity contribution in [3.8, 4) is 0 Å². The van der Waals surface area contributed by atoms with Gasteiger partial charge in [-0.2, -0.15) is 0 Å². The molecule has 5 heteroatoms. The first-order chi connectivity index (χ1) is 8.69. The Bertz CT molecular complexity index is 477. The molecule has 1 amide bonds. The van der Waals surface area contributed by atoms with E-state index in [4.69, 9.17) is 4.84 Å². The number of rotatable bonds is 2. The average Bonchev–Trinajstić information content (AvgIpc) is 3.10. The standard InChI is InChI=1S/C13H16N2O2S/c1-13(12(16)15-6-2-3-7-15)9-10(14-17-13)11-5-4-8-18-11/h4-5,8H,2-3,6-7,9H2,1H3. The van der Waals surface area contributed by atoms with Crippen molar-refractivity contribution < 1.29 is 9.63 Å². The van der Waals surface area contributed by atoms with Gasteiger partial charge in [0.15, 0.2) is 0 Å². The Morgan fingerprint density at radius 3 is 2.94 bits per heavy atom. The lowest BCUT2D eigenvalue weighted by Crippen LogP contribution is -2.46. The van der Waals surface area contributed by atoms with E-state index in [9.17, 15) is 4.79 Å². The molecular formula is C13H16N2O2S. The molecule has 18 heavy (non-hydrogen) atoms. The van der Waals surface area contributed by atoms with E-state index in [-0.39, 0.29) is 5.91 Å². The van der Waals surface area contributed by atoms with Gasteiger partial charge in [-0.15, -0.1) is 11.3 Å². The van der Waals surface area contributed by atoms with Crippen LogP contribution in [0, 0.1) is 0 Å². The normalized spacial score (nSPS) is 27.2. The molecule has 0 saturated carbocycles. The fourth-order valence-corrected chi connectivity index (χ4v) is 3.19. The number of hydrogen-bond acceptors (Lipinski definition) is 4. The smallest absolute Gasteiger partial charge is 0.269 e. The summed E-state index contributed by atoms with van der Waals surface area (Å²) in [6.07, 6.45) is 2.77. The molecule has 0 spiro atoms. The highest BCUT2D eigenvalue weighted by atomic mass is 32.1. The lowest BCUT2D eigenvalue weighted by Gasteiger charge is -2.26. The lowest BCUT2D eigenvalue weighted by atomic mass is 9.97. The van der Waals surface area contributed by atoms with Crippen LogP contribution < -0.4 is 0 Å². The molecule has 96 valence electrons. The summed E-state index contributed by atoms with van der Waals surface area (Å²) in [5, 5.41) is 6.11. The third kappa shape index (κ3) is 1.92. The Balaban J connectivity index is 1.73. The van der Waals surface area contributed by atoms with Crippen LogP contribution in [-0.4, -0.2) is 35.2 Å². The molecular weight excluding hydrogens is 248 g/mol. The molecule has 3 rings (SSSR count). The quantitative estimate of drug-likeness (QED) is 0.822. The summed E-state index contributed by atoms with van der Waals surface area (Å²) in [6, 6.07) is 4.00. The van der Waals surface area contributed by atoms with Gasteiger partial charge in [-0.25, -0.2) is 0 Å². The van der Waals surface area contributed by atoms with Crippen LogP contribution in [0.4, 0.5) is 0 Å². The summed E-state index contributed by atoms with van der Waals surface area (Å²) >= 11 is 1.63. The van der Waals surface area contributed by atoms with E-state index in [0.717, 1.165) is 36.5 Å². The van der Waals surface area contributed by atoms with Crippen LogP contribution in [-0.2, 0) is 9.63 Å². The Kier molecular flexibility index (Phi) is 2.86. The molecule has 2 aliphatic heterocycles. The van der Waals surface area contributed by atoms with Gasteiger partial charge in [0.05, 0.1) is 4.88 Å². The van der Waals surface area contributed by atoms with Crippen LogP contribution in [0.1, 0.15) is 31.1 Å². The summed E-state index contributed by atoms with van der Waals surface area (Å²) in [4.78, 5) is 20.9. The number of thiophene rings is 1. The molecule has 0 radical (unpaired) electrons. The maximum absolute atomic E-state index is 12.4. The molecule has 1 saturated heterocycles. The van der Waals surface area contributed by atoms with E-state index in [1.54, 1.807) is 11.3 Å². The highest BCUT2D eigenvalue weighted by Crippen LogP contribution is 2.30. The molecule has 4 nitrogen and oxygen atoms in total. The zero-order valence-corrected chi connectivity index (χ0v) is 11.2. The summed E-state index contributed by atoms with van der Waals surface area (Å²) in [5.74, 6) is 0.0790. The highest BCUT2D eigenvalue weighted by molar-refractivity contribution is 7.12. The van der Waals surface area contributed by atoms with Crippen LogP contribution in [0.25, 0.3) is 0 Å². The number of oxime groups is 1. The minimum atomic E-state index is -0.802. The zero-order chi connectivity index (χ0) is 12.6. The Morgan fingerprint density at radius 1 is 1.50 bits per heavy atom. The fraction of sp³-hybridized carbons (Fsp3) is 0.538. The highest BCUT2D eigenvalue weighted by Gasteiger charge is 2.45. The third-order valence-electron chi connectivity index (χ3n) is 3.51. The lowest BCUT2D eigenvalue weighted by molar-refractivity contribution is -0.152. The molecule has 1 fully saturated rings. The Hall–Kier alpha value is -1.36. The van der Waals surface area contributed by atoms with Gasteiger partial charge in [-0.3, -0.25) is 4.79 Å². The third-order valence-corrected chi connectivity index (χ3v) is 4.43. The van der Waals surface area contributed by atoms with E-state index in [1.807, 2.05) is 29.3 Å². The van der Waals surface area contributed by atoms with E-state index in [1.165, 1.54) is 0 Å². The molecule has 1 aromatic rings. The van der Waals surface area contributed by atoms with Gasteiger partial charge in [0, 0.05) is 19.5 Å². The topological polar surface area (TPSA) is 41.9 Å². The molecule has 0 N–H and O–H groups in total. The summed E-state index contributed by atoms with van der Waals surface area (Å²) in [6.45, 7) is 3.55. The predicted molar refractivity (Wildman–Crippen MR) is 70.8 cm³/mol. The first-order valence-corrected chi connectivity index (χ1v) is 7.15. The molecule has 1 atom stereocenters. The number of nitrogens with zero attached hydrogens (tertiary/aromatic N) is 2. The maximum atomic E-state index is 12.4. The van der Waals surface area contributed by atoms with Gasteiger partial charge in [-0.05, 0) is 31.2 Å². The number of likely N-dealkylation sites (tertiary alicyclic amines) is 1. The van der Waals surface area contributed by atoms with Crippen LogP contribution >= 0.6 is 11.3 Å². The van der Waals surface area contributed by atoms with Crippen molar-refractivity contribution in [1.29, 1.82) is 0 Å². The number of carbonyl (C=O) groups is 1. The summed E-state index contributed by atoms with van der Waals surface area (Å²) < 4.78 is 0. The second-order valence-corrected chi connectivity index (χ2v) is 5.96. The second-order valence-electron chi connectivity index (χ2n) is 5.01. The van der Waals surface area contributed by atoms with E-state index in [2.05, 4.69) is 5.16 Å². The zero-order valence-electron chi connectivity index (χ0n) is 10.4. The van der Waals surface area contributed by atoms with Crippen molar-refractivity contribution in [1.82, 2.24) is 4.90 Å². The van der Waals surface area contributed by atoms with Crippen LogP contribution in [0.15, 0.2) is 22.7 Å². The fourth-order valence-electron chi connectivity index (χ4n) is 2.48. The molecule has 0 aliphatic carbocycles. The van der Waals surface area contributed by atoms with Crippen molar-refractivity contribution in [3.05, 3.63) is 22.4 Å². The van der Waals surface area contributed by atoms with Crippen molar-refractivity contribution in [3.63, 3.8) is 0 Å². The Labute approximate surface area is 110 Å². The van der Waals surface area contributed by atoms with Gasteiger partial charge in [-0.1, -0.05) is 11.2 Å². The van der Waals surface area contributed by atoms with Crippen LogP contribution in [0.5, 0.6) is 0 Å². The molecule has 1 unspecified atom stereocenters. The van der Waals surface area contributed by atoms with E-state index >= 15 is 0 Å². The minimum absolute atomic E-state index is 0.0790. The van der Waals surface area contributed by atoms with Gasteiger partial charge in [0.25, 0.3) is 5.91 Å². The van der Waals surface area contributed by atoms with Gasteiger partial charge in [0.2, 0.25) is 5.60 Å². The number of carbonyl (C=O) groups excluding carboxylic acids is 1. The van der Waals surface area contributed by atoms with Gasteiger partial charge >= 0.3 is 0 Å². The Morgan fingerprint density at radius 2 is 2.28 bits per heavy atom. The molecule has 1 aromatic heterocycles. The summed E-state index contributed by atoms with van der Waals surface area (Å²) in [7, 11) is 0. The first kappa shape index (κ1) is 11.7. The van der Waals surface area contributed by atoms with Crippen molar-refractivity contribution in [2.75, 3.05) is 13.1 Å². The second kappa shape index (κ2) is 4.39. The van der Waals surface area contributed by atoms with Gasteiger partial charge in [0.1, 0.15) is 5.71 Å². The average molecular weight is 264 g/mol. The maximum Gasteiger partial charge on any atom is 0.269 e. The minimum Gasteiger partial charge on any atom is -0.379 e. The molecule has 0 aromatic carbocycles. The largest absolute Gasteiger partial charge is 0.379 e. The van der Waals surface area contributed by atoms with Crippen LogP contribution in [0.2, 0.25) is 0 Å². The molecule has 3 heterocycles. The number of hydrogen-bond donors (Lipinski definition) is 0. The summed E-state index contributed by atoms with van der Waals surface area (Å²) in [5.41, 5.74) is 0.0870. The van der Waals surface area contributed by atoms with Crippen LogP contribution in [0.3, 0.4) is 0 Å². The van der Waals surface area contributed by atoms with E-state index in [0.29, 0.717) is 6.42 Å². The first-order valence-electron chi connectivity index (χ1n) is 6.27. The number of amides is 1. The predicted octanol–water partition coefficient (Wildman–Crippen LogP) is 2.25. The molecule has 0 bridgehead atoms. The SMILES string of the molecule is CC1(C(=O)N2CCCC2)CC(c2cccs2)=NO1. The molecule has 2 aliphatic rings. The monoisotopic (exact) mass is 264 g/mol. The van der Waals surface area contributed by atoms with Crippen molar-refractivity contribution in [2.45, 2.75) is 31.8 Å².